The van der Waals surface area contributed by atoms with Crippen molar-refractivity contribution in [1.29, 1.82) is 0 Å². The Morgan fingerprint density at radius 2 is 1.88 bits per heavy atom. The van der Waals surface area contributed by atoms with E-state index >= 15 is 0 Å². The van der Waals surface area contributed by atoms with Crippen LogP contribution in [0.1, 0.15) is 5.56 Å². The van der Waals surface area contributed by atoms with Crippen LogP contribution >= 0.6 is 11.3 Å². The molecule has 132 valence electrons. The molecule has 0 unspecified atom stereocenters. The predicted molar refractivity (Wildman–Crippen MR) is 104 cm³/mol. The topological polar surface area (TPSA) is 38.9 Å². The zero-order valence-electron chi connectivity index (χ0n) is 14.3. The minimum atomic E-state index is -0.270. The van der Waals surface area contributed by atoms with Crippen LogP contribution in [-0.2, 0) is 0 Å². The van der Waals surface area contributed by atoms with Crippen LogP contribution in [0.15, 0.2) is 76.7 Å². The Labute approximate surface area is 155 Å². The summed E-state index contributed by atoms with van der Waals surface area (Å²) in [6.45, 7) is 4.20. The zero-order valence-corrected chi connectivity index (χ0v) is 15.1. The molecule has 0 amide bonds. The molecule has 1 aromatic heterocycles. The van der Waals surface area contributed by atoms with Gasteiger partial charge in [-0.1, -0.05) is 6.08 Å². The zero-order chi connectivity index (χ0) is 18.4. The normalized spacial score (nSPS) is 11.8. The van der Waals surface area contributed by atoms with Crippen LogP contribution in [0.5, 0.6) is 5.75 Å². The van der Waals surface area contributed by atoms with Gasteiger partial charge >= 0.3 is 0 Å². The van der Waals surface area contributed by atoms with Gasteiger partial charge in [-0.15, -0.1) is 17.9 Å². The Balaban J connectivity index is 2.01. The van der Waals surface area contributed by atoms with Gasteiger partial charge in [-0.2, -0.15) is 5.10 Å². The van der Waals surface area contributed by atoms with Crippen LogP contribution in [0.2, 0.25) is 0 Å². The summed E-state index contributed by atoms with van der Waals surface area (Å²) in [6, 6.07) is 13.9. The van der Waals surface area contributed by atoms with Crippen molar-refractivity contribution in [2.45, 2.75) is 0 Å². The lowest BCUT2D eigenvalue weighted by Gasteiger charge is -2.04. The monoisotopic (exact) mass is 367 g/mol. The maximum Gasteiger partial charge on any atom is 0.206 e. The summed E-state index contributed by atoms with van der Waals surface area (Å²) in [4.78, 5) is 5.23. The summed E-state index contributed by atoms with van der Waals surface area (Å²) in [6.07, 6.45) is 3.49. The molecular formula is C20H18FN3OS. The standard InChI is InChI=1S/C20H18FN3OS/c1-3-12-22-20-24(23-13-15-4-10-18(25-2)11-5-15)19(14-26-20)16-6-8-17(21)9-7-16/h3-11,13-14H,1,12H2,2H3. The Morgan fingerprint density at radius 3 is 2.54 bits per heavy atom. The van der Waals surface area contributed by atoms with E-state index in [1.807, 2.05) is 29.6 Å². The first kappa shape index (κ1) is 17.8. The van der Waals surface area contributed by atoms with E-state index in [4.69, 9.17) is 4.74 Å². The lowest BCUT2D eigenvalue weighted by atomic mass is 10.2. The molecule has 0 aliphatic heterocycles. The number of rotatable bonds is 6. The van der Waals surface area contributed by atoms with Crippen molar-refractivity contribution < 1.29 is 9.13 Å². The van der Waals surface area contributed by atoms with E-state index in [1.54, 1.807) is 36.2 Å². The van der Waals surface area contributed by atoms with Gasteiger partial charge in [0.1, 0.15) is 11.6 Å². The number of halogens is 1. The largest absolute Gasteiger partial charge is 0.497 e. The van der Waals surface area contributed by atoms with Crippen LogP contribution < -0.4 is 9.54 Å². The van der Waals surface area contributed by atoms with Gasteiger partial charge in [-0.25, -0.2) is 9.07 Å². The molecule has 0 saturated heterocycles. The first-order valence-electron chi connectivity index (χ1n) is 7.97. The summed E-state index contributed by atoms with van der Waals surface area (Å²) in [5.41, 5.74) is 2.65. The Bertz CT molecular complexity index is 970. The minimum absolute atomic E-state index is 0.270. The Kier molecular flexibility index (Phi) is 5.76. The number of ether oxygens (including phenoxy) is 1. The lowest BCUT2D eigenvalue weighted by Crippen LogP contribution is -2.12. The number of hydrogen-bond acceptors (Lipinski definition) is 4. The van der Waals surface area contributed by atoms with Gasteiger partial charge in [0.15, 0.2) is 0 Å². The number of nitrogens with zero attached hydrogens (tertiary/aromatic N) is 3. The van der Waals surface area contributed by atoms with E-state index in [2.05, 4.69) is 16.7 Å². The molecule has 1 heterocycles. The van der Waals surface area contributed by atoms with E-state index in [9.17, 15) is 4.39 Å². The third-order valence-electron chi connectivity index (χ3n) is 3.62. The van der Waals surface area contributed by atoms with Crippen LogP contribution in [0.4, 0.5) is 4.39 Å². The van der Waals surface area contributed by atoms with Gasteiger partial charge in [-0.05, 0) is 54.1 Å². The van der Waals surface area contributed by atoms with E-state index in [-0.39, 0.29) is 5.82 Å². The number of hydrogen-bond donors (Lipinski definition) is 0. The fraction of sp³-hybridized carbons (Fsp3) is 0.100. The van der Waals surface area contributed by atoms with E-state index in [0.29, 0.717) is 6.54 Å². The average Bonchev–Trinajstić information content (AvgIpc) is 3.08. The van der Waals surface area contributed by atoms with Gasteiger partial charge in [0.05, 0.1) is 25.6 Å². The number of methoxy groups -OCH3 is 1. The second-order valence-corrected chi connectivity index (χ2v) is 6.21. The summed E-state index contributed by atoms with van der Waals surface area (Å²) in [7, 11) is 1.63. The molecule has 0 fully saturated rings. The van der Waals surface area contributed by atoms with Crippen molar-refractivity contribution in [1.82, 2.24) is 4.68 Å². The van der Waals surface area contributed by atoms with Gasteiger partial charge in [0, 0.05) is 10.9 Å². The first-order valence-corrected chi connectivity index (χ1v) is 8.85. The minimum Gasteiger partial charge on any atom is -0.497 e. The van der Waals surface area contributed by atoms with Crippen molar-refractivity contribution >= 4 is 17.6 Å². The highest BCUT2D eigenvalue weighted by atomic mass is 32.1. The molecule has 0 aliphatic carbocycles. The highest BCUT2D eigenvalue weighted by molar-refractivity contribution is 7.07. The highest BCUT2D eigenvalue weighted by Crippen LogP contribution is 2.20. The maximum atomic E-state index is 13.2. The molecule has 3 aromatic rings. The smallest absolute Gasteiger partial charge is 0.206 e. The molecular weight excluding hydrogens is 349 g/mol. The molecule has 0 N–H and O–H groups in total. The van der Waals surface area contributed by atoms with Crippen molar-refractivity contribution in [2.24, 2.45) is 10.1 Å². The van der Waals surface area contributed by atoms with Crippen LogP contribution in [0, 0.1) is 5.82 Å². The van der Waals surface area contributed by atoms with Crippen molar-refractivity contribution in [2.75, 3.05) is 13.7 Å². The van der Waals surface area contributed by atoms with Crippen LogP contribution in [0.3, 0.4) is 0 Å². The highest BCUT2D eigenvalue weighted by Gasteiger charge is 2.07. The predicted octanol–water partition coefficient (Wildman–Crippen LogP) is 4.33. The molecule has 0 bridgehead atoms. The van der Waals surface area contributed by atoms with Gasteiger partial charge < -0.3 is 4.74 Å². The third-order valence-corrected chi connectivity index (χ3v) is 4.47. The molecule has 3 rings (SSSR count). The van der Waals surface area contributed by atoms with Crippen molar-refractivity contribution in [3.63, 3.8) is 0 Å². The lowest BCUT2D eigenvalue weighted by molar-refractivity contribution is 0.415. The third kappa shape index (κ3) is 4.15. The fourth-order valence-corrected chi connectivity index (χ4v) is 3.14. The molecule has 4 nitrogen and oxygen atoms in total. The van der Waals surface area contributed by atoms with E-state index in [1.165, 1.54) is 23.5 Å². The summed E-state index contributed by atoms with van der Waals surface area (Å²) in [5, 5.41) is 6.54. The average molecular weight is 367 g/mol. The number of benzene rings is 2. The maximum absolute atomic E-state index is 13.2. The molecule has 2 aromatic carbocycles. The van der Waals surface area contributed by atoms with E-state index in [0.717, 1.165) is 27.4 Å². The molecule has 26 heavy (non-hydrogen) atoms. The Hall–Kier alpha value is -2.99. The molecule has 0 radical (unpaired) electrons. The van der Waals surface area contributed by atoms with Gasteiger partial charge in [-0.3, -0.25) is 4.99 Å². The fourth-order valence-electron chi connectivity index (χ4n) is 2.30. The summed E-state index contributed by atoms with van der Waals surface area (Å²) in [5.74, 6) is 0.521. The van der Waals surface area contributed by atoms with E-state index < -0.39 is 0 Å². The van der Waals surface area contributed by atoms with Gasteiger partial charge in [0.25, 0.3) is 0 Å². The first-order chi connectivity index (χ1) is 12.7. The van der Waals surface area contributed by atoms with Crippen LogP contribution in [-0.4, -0.2) is 24.5 Å². The molecule has 0 spiro atoms. The summed E-state index contributed by atoms with van der Waals surface area (Å²) >= 11 is 1.48. The summed E-state index contributed by atoms with van der Waals surface area (Å²) < 4.78 is 20.2. The van der Waals surface area contributed by atoms with Gasteiger partial charge in [0.2, 0.25) is 4.80 Å². The van der Waals surface area contributed by atoms with Crippen LogP contribution in [0.25, 0.3) is 11.3 Å². The SMILES string of the molecule is C=CCN=c1scc(-c2ccc(F)cc2)n1N=Cc1ccc(OC)cc1. The Morgan fingerprint density at radius 1 is 1.15 bits per heavy atom. The second-order valence-electron chi connectivity index (χ2n) is 5.37. The molecule has 0 saturated carbocycles. The number of aromatic nitrogens is 1. The van der Waals surface area contributed by atoms with Crippen molar-refractivity contribution in [3.8, 4) is 17.0 Å². The number of thiazole rings is 1. The second kappa shape index (κ2) is 8.40. The molecule has 0 atom stereocenters. The quantitative estimate of drug-likeness (QED) is 0.472. The molecule has 6 heteroatoms. The molecule has 0 aliphatic rings. The van der Waals surface area contributed by atoms with Crippen molar-refractivity contribution in [3.05, 3.63) is 82.7 Å².